The molecule has 0 bridgehead atoms. The summed E-state index contributed by atoms with van der Waals surface area (Å²) in [6.07, 6.45) is 1.78. The largest absolute Gasteiger partial charge is 0.381 e. The average molecular weight is 172 g/mol. The lowest BCUT2D eigenvalue weighted by molar-refractivity contribution is -0.305. The maximum absolute atomic E-state index is 5.72. The van der Waals surface area contributed by atoms with Gasteiger partial charge in [-0.15, -0.1) is 0 Å². The molecule has 2 rings (SSSR count). The van der Waals surface area contributed by atoms with Gasteiger partial charge >= 0.3 is 0 Å². The van der Waals surface area contributed by atoms with E-state index in [0.29, 0.717) is 5.92 Å². The van der Waals surface area contributed by atoms with Crippen molar-refractivity contribution in [3.63, 3.8) is 0 Å². The van der Waals surface area contributed by atoms with Crippen LogP contribution in [0.15, 0.2) is 0 Å². The van der Waals surface area contributed by atoms with Crippen LogP contribution in [0.2, 0.25) is 0 Å². The molecule has 0 aromatic carbocycles. The average Bonchev–Trinajstić information content (AvgIpc) is 2.13. The molecule has 2 aliphatic heterocycles. The van der Waals surface area contributed by atoms with Crippen molar-refractivity contribution in [2.45, 2.75) is 25.6 Å². The SMILES string of the molecule is CC1COC2(CCOCC2)OC1. The number of ether oxygens (including phenoxy) is 3. The van der Waals surface area contributed by atoms with Crippen LogP contribution in [-0.4, -0.2) is 32.2 Å². The van der Waals surface area contributed by atoms with Crippen LogP contribution in [0.4, 0.5) is 0 Å². The van der Waals surface area contributed by atoms with Crippen molar-refractivity contribution in [1.29, 1.82) is 0 Å². The first-order chi connectivity index (χ1) is 5.81. The zero-order valence-corrected chi connectivity index (χ0v) is 7.54. The second-order valence-corrected chi connectivity index (χ2v) is 3.75. The fraction of sp³-hybridized carbons (Fsp3) is 1.00. The molecule has 2 aliphatic rings. The summed E-state index contributed by atoms with van der Waals surface area (Å²) in [5.41, 5.74) is 0. The van der Waals surface area contributed by atoms with Crippen molar-refractivity contribution in [2.24, 2.45) is 5.92 Å². The normalized spacial score (nSPS) is 30.8. The fourth-order valence-electron chi connectivity index (χ4n) is 1.65. The predicted molar refractivity (Wildman–Crippen MR) is 43.9 cm³/mol. The van der Waals surface area contributed by atoms with Crippen LogP contribution in [0.3, 0.4) is 0 Å². The quantitative estimate of drug-likeness (QED) is 0.549. The van der Waals surface area contributed by atoms with Crippen LogP contribution in [-0.2, 0) is 14.2 Å². The van der Waals surface area contributed by atoms with Crippen LogP contribution in [0, 0.1) is 5.92 Å². The zero-order chi connectivity index (χ0) is 8.44. The highest BCUT2D eigenvalue weighted by Gasteiger charge is 2.38. The molecule has 0 saturated carbocycles. The molecule has 1 spiro atoms. The molecular formula is C9H16O3. The van der Waals surface area contributed by atoms with E-state index in [1.54, 1.807) is 0 Å². The third-order valence-electron chi connectivity index (χ3n) is 2.52. The molecule has 0 N–H and O–H groups in total. The summed E-state index contributed by atoms with van der Waals surface area (Å²) in [4.78, 5) is 0. The number of rotatable bonds is 0. The van der Waals surface area contributed by atoms with Crippen LogP contribution < -0.4 is 0 Å². The van der Waals surface area contributed by atoms with E-state index in [-0.39, 0.29) is 5.79 Å². The first-order valence-electron chi connectivity index (χ1n) is 4.66. The third-order valence-corrected chi connectivity index (χ3v) is 2.52. The molecule has 0 aromatic rings. The van der Waals surface area contributed by atoms with Gasteiger partial charge in [0.05, 0.1) is 26.4 Å². The van der Waals surface area contributed by atoms with Gasteiger partial charge in [-0.3, -0.25) is 0 Å². The molecule has 0 unspecified atom stereocenters. The van der Waals surface area contributed by atoms with Gasteiger partial charge in [0.15, 0.2) is 5.79 Å². The summed E-state index contributed by atoms with van der Waals surface area (Å²) in [5, 5.41) is 0. The van der Waals surface area contributed by atoms with Crippen LogP contribution in [0.25, 0.3) is 0 Å². The maximum atomic E-state index is 5.72. The van der Waals surface area contributed by atoms with Gasteiger partial charge in [0.25, 0.3) is 0 Å². The highest BCUT2D eigenvalue weighted by atomic mass is 16.7. The maximum Gasteiger partial charge on any atom is 0.172 e. The molecule has 12 heavy (non-hydrogen) atoms. The minimum atomic E-state index is -0.287. The first kappa shape index (κ1) is 8.48. The Balaban J connectivity index is 1.92. The Morgan fingerprint density at radius 2 is 1.67 bits per heavy atom. The fourth-order valence-corrected chi connectivity index (χ4v) is 1.65. The number of hydrogen-bond donors (Lipinski definition) is 0. The van der Waals surface area contributed by atoms with Crippen molar-refractivity contribution in [3.8, 4) is 0 Å². The topological polar surface area (TPSA) is 27.7 Å². The summed E-state index contributed by atoms with van der Waals surface area (Å²) in [6.45, 7) is 5.36. The molecule has 3 heteroatoms. The molecule has 0 aliphatic carbocycles. The molecule has 2 heterocycles. The van der Waals surface area contributed by atoms with Gasteiger partial charge in [-0.2, -0.15) is 0 Å². The monoisotopic (exact) mass is 172 g/mol. The van der Waals surface area contributed by atoms with E-state index in [2.05, 4.69) is 6.92 Å². The molecule has 0 aromatic heterocycles. The third kappa shape index (κ3) is 1.63. The molecular weight excluding hydrogens is 156 g/mol. The van der Waals surface area contributed by atoms with E-state index in [1.165, 1.54) is 0 Å². The molecule has 0 radical (unpaired) electrons. The van der Waals surface area contributed by atoms with Gasteiger partial charge in [-0.25, -0.2) is 0 Å². The van der Waals surface area contributed by atoms with E-state index in [0.717, 1.165) is 39.3 Å². The lowest BCUT2D eigenvalue weighted by atomic mass is 10.1. The summed E-state index contributed by atoms with van der Waals surface area (Å²) in [5.74, 6) is 0.253. The van der Waals surface area contributed by atoms with Crippen molar-refractivity contribution in [3.05, 3.63) is 0 Å². The van der Waals surface area contributed by atoms with Crippen molar-refractivity contribution < 1.29 is 14.2 Å². The van der Waals surface area contributed by atoms with Crippen LogP contribution in [0.1, 0.15) is 19.8 Å². The minimum absolute atomic E-state index is 0.287. The Hall–Kier alpha value is -0.120. The van der Waals surface area contributed by atoms with Gasteiger partial charge in [-0.1, -0.05) is 6.92 Å². The smallest absolute Gasteiger partial charge is 0.172 e. The van der Waals surface area contributed by atoms with Gasteiger partial charge < -0.3 is 14.2 Å². The van der Waals surface area contributed by atoms with E-state index >= 15 is 0 Å². The predicted octanol–water partition coefficient (Wildman–Crippen LogP) is 1.18. The second-order valence-electron chi connectivity index (χ2n) is 3.75. The van der Waals surface area contributed by atoms with Crippen LogP contribution in [0.5, 0.6) is 0 Å². The lowest BCUT2D eigenvalue weighted by Crippen LogP contribution is -2.47. The highest BCUT2D eigenvalue weighted by molar-refractivity contribution is 4.77. The zero-order valence-electron chi connectivity index (χ0n) is 7.54. The van der Waals surface area contributed by atoms with E-state index in [9.17, 15) is 0 Å². The molecule has 2 fully saturated rings. The Morgan fingerprint density at radius 3 is 2.25 bits per heavy atom. The van der Waals surface area contributed by atoms with E-state index in [4.69, 9.17) is 14.2 Å². The Kier molecular flexibility index (Phi) is 2.35. The summed E-state index contributed by atoms with van der Waals surface area (Å²) < 4.78 is 16.7. The van der Waals surface area contributed by atoms with Crippen molar-refractivity contribution in [1.82, 2.24) is 0 Å². The van der Waals surface area contributed by atoms with E-state index < -0.39 is 0 Å². The summed E-state index contributed by atoms with van der Waals surface area (Å²) in [7, 11) is 0. The first-order valence-corrected chi connectivity index (χ1v) is 4.66. The lowest BCUT2D eigenvalue weighted by Gasteiger charge is -2.41. The highest BCUT2D eigenvalue weighted by Crippen LogP contribution is 2.30. The van der Waals surface area contributed by atoms with Crippen molar-refractivity contribution >= 4 is 0 Å². The van der Waals surface area contributed by atoms with Crippen molar-refractivity contribution in [2.75, 3.05) is 26.4 Å². The molecule has 0 amide bonds. The second kappa shape index (κ2) is 3.32. The summed E-state index contributed by atoms with van der Waals surface area (Å²) >= 11 is 0. The molecule has 2 saturated heterocycles. The van der Waals surface area contributed by atoms with Gasteiger partial charge in [0.2, 0.25) is 0 Å². The number of hydrogen-bond acceptors (Lipinski definition) is 3. The Bertz CT molecular complexity index is 142. The Morgan fingerprint density at radius 1 is 1.08 bits per heavy atom. The molecule has 3 nitrogen and oxygen atoms in total. The summed E-state index contributed by atoms with van der Waals surface area (Å²) in [6, 6.07) is 0. The minimum Gasteiger partial charge on any atom is -0.381 e. The Labute approximate surface area is 73.0 Å². The van der Waals surface area contributed by atoms with Crippen LogP contribution >= 0.6 is 0 Å². The molecule has 70 valence electrons. The van der Waals surface area contributed by atoms with Gasteiger partial charge in [0.1, 0.15) is 0 Å². The molecule has 0 atom stereocenters. The standard InChI is InChI=1S/C9H16O3/c1-8-6-11-9(12-7-8)2-4-10-5-3-9/h8H,2-7H2,1H3. The van der Waals surface area contributed by atoms with E-state index in [1.807, 2.05) is 0 Å². The van der Waals surface area contributed by atoms with Gasteiger partial charge in [-0.05, 0) is 0 Å². The van der Waals surface area contributed by atoms with Gasteiger partial charge in [0, 0.05) is 18.8 Å².